The van der Waals surface area contributed by atoms with Crippen LogP contribution >= 0.6 is 0 Å². The average Bonchev–Trinajstić information content (AvgIpc) is 2.30. The van der Waals surface area contributed by atoms with E-state index in [1.807, 2.05) is 7.05 Å². The average molecular weight is 206 g/mol. The third-order valence-corrected chi connectivity index (χ3v) is 4.24. The number of rotatable bonds is 4. The molecule has 1 aliphatic rings. The van der Waals surface area contributed by atoms with E-state index in [1.165, 1.54) is 0 Å². The fourth-order valence-electron chi connectivity index (χ4n) is 1.77. The highest BCUT2D eigenvalue weighted by atomic mass is 32.2. The summed E-state index contributed by atoms with van der Waals surface area (Å²) in [6, 6.07) is 0. The van der Waals surface area contributed by atoms with Crippen molar-refractivity contribution in [2.75, 3.05) is 38.2 Å². The summed E-state index contributed by atoms with van der Waals surface area (Å²) in [5.41, 5.74) is 5.40. The smallest absolute Gasteiger partial charge is 0.150 e. The standard InChI is InChI=1S/C8H18N2O2S/c1-10(4-3-9)6-8-2-5-13(11,12)7-8/h8H,2-7,9H2,1H3. The van der Waals surface area contributed by atoms with E-state index in [0.29, 0.717) is 24.0 Å². The maximum atomic E-state index is 11.1. The molecule has 0 saturated carbocycles. The molecular weight excluding hydrogens is 188 g/mol. The van der Waals surface area contributed by atoms with Gasteiger partial charge in [0.05, 0.1) is 11.5 Å². The molecule has 0 aromatic carbocycles. The van der Waals surface area contributed by atoms with Crippen molar-refractivity contribution in [1.82, 2.24) is 4.90 Å². The summed E-state index contributed by atoms with van der Waals surface area (Å²) in [7, 11) is -0.730. The summed E-state index contributed by atoms with van der Waals surface area (Å²) >= 11 is 0. The zero-order valence-corrected chi connectivity index (χ0v) is 8.89. The van der Waals surface area contributed by atoms with Crippen molar-refractivity contribution in [3.63, 3.8) is 0 Å². The lowest BCUT2D eigenvalue weighted by Gasteiger charge is -2.18. The third-order valence-electron chi connectivity index (χ3n) is 2.41. The zero-order valence-electron chi connectivity index (χ0n) is 8.07. The van der Waals surface area contributed by atoms with E-state index in [9.17, 15) is 8.42 Å². The summed E-state index contributed by atoms with van der Waals surface area (Å²) in [6.07, 6.45) is 0.817. The van der Waals surface area contributed by atoms with E-state index >= 15 is 0 Å². The SMILES string of the molecule is CN(CCN)CC1CCS(=O)(=O)C1. The van der Waals surface area contributed by atoms with Crippen LogP contribution in [0.3, 0.4) is 0 Å². The molecule has 0 amide bonds. The number of nitrogens with two attached hydrogens (primary N) is 1. The maximum absolute atomic E-state index is 11.1. The molecule has 13 heavy (non-hydrogen) atoms. The van der Waals surface area contributed by atoms with Crippen LogP contribution in [0.1, 0.15) is 6.42 Å². The summed E-state index contributed by atoms with van der Waals surface area (Å²) in [4.78, 5) is 2.10. The predicted octanol–water partition coefficient (Wildman–Crippen LogP) is -0.688. The van der Waals surface area contributed by atoms with Gasteiger partial charge in [0, 0.05) is 19.6 Å². The molecule has 1 fully saturated rings. The van der Waals surface area contributed by atoms with E-state index in [-0.39, 0.29) is 0 Å². The maximum Gasteiger partial charge on any atom is 0.150 e. The van der Waals surface area contributed by atoms with Gasteiger partial charge in [-0.1, -0.05) is 0 Å². The minimum Gasteiger partial charge on any atom is -0.329 e. The molecule has 5 heteroatoms. The molecule has 1 saturated heterocycles. The molecule has 0 aromatic heterocycles. The molecule has 0 aliphatic carbocycles. The van der Waals surface area contributed by atoms with Gasteiger partial charge < -0.3 is 10.6 Å². The van der Waals surface area contributed by atoms with Gasteiger partial charge in [0.1, 0.15) is 0 Å². The second-order valence-corrected chi connectivity index (χ2v) is 6.05. The summed E-state index contributed by atoms with van der Waals surface area (Å²) in [5, 5.41) is 0. The highest BCUT2D eigenvalue weighted by Crippen LogP contribution is 2.18. The van der Waals surface area contributed by atoms with Gasteiger partial charge in [-0.3, -0.25) is 0 Å². The Bertz CT molecular complexity index is 251. The van der Waals surface area contributed by atoms with Crippen LogP contribution in [-0.2, 0) is 9.84 Å². The monoisotopic (exact) mass is 206 g/mol. The van der Waals surface area contributed by atoms with Gasteiger partial charge in [-0.15, -0.1) is 0 Å². The van der Waals surface area contributed by atoms with Crippen LogP contribution in [0.15, 0.2) is 0 Å². The van der Waals surface area contributed by atoms with Crippen LogP contribution in [0.5, 0.6) is 0 Å². The summed E-state index contributed by atoms with van der Waals surface area (Å²) in [5.74, 6) is 1.05. The molecule has 4 nitrogen and oxygen atoms in total. The molecule has 78 valence electrons. The van der Waals surface area contributed by atoms with Crippen molar-refractivity contribution in [2.24, 2.45) is 11.7 Å². The molecule has 1 heterocycles. The van der Waals surface area contributed by atoms with Crippen LogP contribution in [0.25, 0.3) is 0 Å². The first-order valence-electron chi connectivity index (χ1n) is 4.62. The Labute approximate surface area is 80.0 Å². The lowest BCUT2D eigenvalue weighted by Crippen LogP contribution is -2.30. The third kappa shape index (κ3) is 3.62. The second-order valence-electron chi connectivity index (χ2n) is 3.82. The van der Waals surface area contributed by atoms with Gasteiger partial charge in [-0.25, -0.2) is 8.42 Å². The molecule has 1 rings (SSSR count). The Morgan fingerprint density at radius 1 is 1.54 bits per heavy atom. The van der Waals surface area contributed by atoms with Gasteiger partial charge in [0.15, 0.2) is 9.84 Å². The van der Waals surface area contributed by atoms with Gasteiger partial charge in [-0.05, 0) is 19.4 Å². The molecule has 0 aromatic rings. The quantitative estimate of drug-likeness (QED) is 0.661. The Hall–Kier alpha value is -0.130. The highest BCUT2D eigenvalue weighted by molar-refractivity contribution is 7.91. The lowest BCUT2D eigenvalue weighted by atomic mass is 10.1. The summed E-state index contributed by atoms with van der Waals surface area (Å²) < 4.78 is 22.3. The minimum atomic E-state index is -2.71. The van der Waals surface area contributed by atoms with Gasteiger partial charge in [0.25, 0.3) is 0 Å². The fraction of sp³-hybridized carbons (Fsp3) is 1.00. The first-order valence-corrected chi connectivity index (χ1v) is 6.44. The Kier molecular flexibility index (Phi) is 3.70. The van der Waals surface area contributed by atoms with Crippen LogP contribution in [0, 0.1) is 5.92 Å². The number of hydrogen-bond donors (Lipinski definition) is 1. The van der Waals surface area contributed by atoms with E-state index in [4.69, 9.17) is 5.73 Å². The van der Waals surface area contributed by atoms with E-state index < -0.39 is 9.84 Å². The zero-order chi connectivity index (χ0) is 9.90. The van der Waals surface area contributed by atoms with Gasteiger partial charge in [0.2, 0.25) is 0 Å². The fourth-order valence-corrected chi connectivity index (χ4v) is 3.62. The van der Waals surface area contributed by atoms with Crippen LogP contribution in [-0.4, -0.2) is 51.5 Å². The molecule has 0 bridgehead atoms. The van der Waals surface area contributed by atoms with Crippen molar-refractivity contribution >= 4 is 9.84 Å². The van der Waals surface area contributed by atoms with E-state index in [0.717, 1.165) is 19.5 Å². The van der Waals surface area contributed by atoms with Crippen molar-refractivity contribution in [1.29, 1.82) is 0 Å². The molecule has 1 aliphatic heterocycles. The first kappa shape index (κ1) is 10.9. The normalized spacial score (nSPS) is 26.8. The Morgan fingerprint density at radius 3 is 2.69 bits per heavy atom. The molecule has 2 N–H and O–H groups in total. The molecule has 0 radical (unpaired) electrons. The second kappa shape index (κ2) is 4.39. The molecular formula is C8H18N2O2S. The molecule has 0 spiro atoms. The Balaban J connectivity index is 2.32. The van der Waals surface area contributed by atoms with Crippen molar-refractivity contribution in [3.8, 4) is 0 Å². The number of hydrogen-bond acceptors (Lipinski definition) is 4. The van der Waals surface area contributed by atoms with E-state index in [2.05, 4.69) is 4.90 Å². The topological polar surface area (TPSA) is 63.4 Å². The summed E-state index contributed by atoms with van der Waals surface area (Å²) in [6.45, 7) is 2.34. The first-order chi connectivity index (χ1) is 6.03. The van der Waals surface area contributed by atoms with Crippen molar-refractivity contribution < 1.29 is 8.42 Å². The van der Waals surface area contributed by atoms with Gasteiger partial charge in [-0.2, -0.15) is 0 Å². The number of likely N-dealkylation sites (N-methyl/N-ethyl adjacent to an activating group) is 1. The highest BCUT2D eigenvalue weighted by Gasteiger charge is 2.28. The van der Waals surface area contributed by atoms with Gasteiger partial charge >= 0.3 is 0 Å². The van der Waals surface area contributed by atoms with Crippen LogP contribution in [0.4, 0.5) is 0 Å². The van der Waals surface area contributed by atoms with Crippen molar-refractivity contribution in [2.45, 2.75) is 6.42 Å². The predicted molar refractivity (Wildman–Crippen MR) is 53.3 cm³/mol. The lowest BCUT2D eigenvalue weighted by molar-refractivity contribution is 0.296. The number of sulfone groups is 1. The molecule has 1 unspecified atom stereocenters. The van der Waals surface area contributed by atoms with E-state index in [1.54, 1.807) is 0 Å². The van der Waals surface area contributed by atoms with Crippen LogP contribution in [0.2, 0.25) is 0 Å². The minimum absolute atomic E-state index is 0.321. The Morgan fingerprint density at radius 2 is 2.23 bits per heavy atom. The van der Waals surface area contributed by atoms with Crippen LogP contribution < -0.4 is 5.73 Å². The molecule has 1 atom stereocenters. The largest absolute Gasteiger partial charge is 0.329 e. The van der Waals surface area contributed by atoms with Crippen molar-refractivity contribution in [3.05, 3.63) is 0 Å². The number of nitrogens with zero attached hydrogens (tertiary/aromatic N) is 1.